The summed E-state index contributed by atoms with van der Waals surface area (Å²) in [6.45, 7) is 2.19. The third-order valence-electron chi connectivity index (χ3n) is 2.82. The summed E-state index contributed by atoms with van der Waals surface area (Å²) >= 11 is 5.74. The van der Waals surface area contributed by atoms with Crippen molar-refractivity contribution < 1.29 is 0 Å². The molecule has 0 N–H and O–H groups in total. The van der Waals surface area contributed by atoms with Crippen LogP contribution in [-0.2, 0) is 7.05 Å². The molecule has 0 saturated carbocycles. The molecule has 1 saturated heterocycles. The molecule has 2 rings (SSSR count). The summed E-state index contributed by atoms with van der Waals surface area (Å²) in [5, 5.41) is 7.81. The van der Waals surface area contributed by atoms with Gasteiger partial charge in [0.1, 0.15) is 5.82 Å². The molecular weight excluding hydrogens is 200 g/mol. The van der Waals surface area contributed by atoms with Gasteiger partial charge < -0.3 is 4.90 Å². The van der Waals surface area contributed by atoms with Crippen LogP contribution < -0.4 is 4.90 Å². The zero-order valence-electron chi connectivity index (χ0n) is 8.36. The lowest BCUT2D eigenvalue weighted by Gasteiger charge is -2.16. The quantitative estimate of drug-likeness (QED) is 0.711. The van der Waals surface area contributed by atoms with Gasteiger partial charge in [0.05, 0.1) is 6.20 Å². The van der Waals surface area contributed by atoms with Crippen LogP contribution in [0.5, 0.6) is 0 Å². The zero-order chi connectivity index (χ0) is 9.97. The van der Waals surface area contributed by atoms with Crippen LogP contribution in [-0.4, -0.2) is 34.0 Å². The first kappa shape index (κ1) is 9.77. The van der Waals surface area contributed by atoms with Gasteiger partial charge in [-0.1, -0.05) is 5.21 Å². The van der Waals surface area contributed by atoms with E-state index in [-0.39, 0.29) is 0 Å². The Labute approximate surface area is 88.8 Å². The highest BCUT2D eigenvalue weighted by molar-refractivity contribution is 6.17. The second kappa shape index (κ2) is 4.17. The lowest BCUT2D eigenvalue weighted by molar-refractivity contribution is 0.570. The van der Waals surface area contributed by atoms with Crippen LogP contribution in [0.15, 0.2) is 6.20 Å². The van der Waals surface area contributed by atoms with Gasteiger partial charge in [-0.2, -0.15) is 0 Å². The SMILES string of the molecule is Cn1nncc1N1CCC(CCCl)C1. The van der Waals surface area contributed by atoms with Gasteiger partial charge in [-0.25, -0.2) is 4.68 Å². The lowest BCUT2D eigenvalue weighted by Crippen LogP contribution is -2.22. The van der Waals surface area contributed by atoms with Gasteiger partial charge in [0, 0.05) is 26.0 Å². The van der Waals surface area contributed by atoms with Crippen molar-refractivity contribution in [1.82, 2.24) is 15.0 Å². The van der Waals surface area contributed by atoms with Crippen molar-refractivity contribution in [2.45, 2.75) is 12.8 Å². The molecule has 0 amide bonds. The molecule has 1 fully saturated rings. The largest absolute Gasteiger partial charge is 0.355 e. The molecule has 1 atom stereocenters. The van der Waals surface area contributed by atoms with Crippen molar-refractivity contribution in [2.24, 2.45) is 13.0 Å². The highest BCUT2D eigenvalue weighted by Crippen LogP contribution is 2.24. The summed E-state index contributed by atoms with van der Waals surface area (Å²) in [6, 6.07) is 0. The number of nitrogens with zero attached hydrogens (tertiary/aromatic N) is 4. The first-order valence-electron chi connectivity index (χ1n) is 4.97. The smallest absolute Gasteiger partial charge is 0.147 e. The predicted molar refractivity (Wildman–Crippen MR) is 56.7 cm³/mol. The van der Waals surface area contributed by atoms with Crippen molar-refractivity contribution in [3.05, 3.63) is 6.20 Å². The number of alkyl halides is 1. The maximum atomic E-state index is 5.74. The number of hydrogen-bond donors (Lipinski definition) is 0. The van der Waals surface area contributed by atoms with E-state index in [0.717, 1.165) is 37.1 Å². The summed E-state index contributed by atoms with van der Waals surface area (Å²) in [5.41, 5.74) is 0. The third kappa shape index (κ3) is 1.85. The van der Waals surface area contributed by atoms with Gasteiger partial charge in [0.15, 0.2) is 0 Å². The third-order valence-corrected chi connectivity index (χ3v) is 3.04. The normalized spacial score (nSPS) is 21.9. The maximum Gasteiger partial charge on any atom is 0.147 e. The molecule has 1 unspecified atom stereocenters. The Morgan fingerprint density at radius 1 is 1.64 bits per heavy atom. The Kier molecular flexibility index (Phi) is 2.91. The predicted octanol–water partition coefficient (Wildman–Crippen LogP) is 1.27. The van der Waals surface area contributed by atoms with E-state index in [0.29, 0.717) is 0 Å². The van der Waals surface area contributed by atoms with E-state index in [1.165, 1.54) is 6.42 Å². The molecule has 0 aliphatic carbocycles. The van der Waals surface area contributed by atoms with Gasteiger partial charge in [-0.3, -0.25) is 0 Å². The summed E-state index contributed by atoms with van der Waals surface area (Å²) in [4.78, 5) is 2.33. The van der Waals surface area contributed by atoms with Crippen LogP contribution in [0, 0.1) is 5.92 Å². The summed E-state index contributed by atoms with van der Waals surface area (Å²) in [5.74, 6) is 2.62. The summed E-state index contributed by atoms with van der Waals surface area (Å²) in [7, 11) is 1.93. The van der Waals surface area contributed by atoms with Crippen LogP contribution in [0.4, 0.5) is 5.82 Å². The number of hydrogen-bond acceptors (Lipinski definition) is 3. The zero-order valence-corrected chi connectivity index (χ0v) is 9.11. The number of aromatic nitrogens is 3. The molecule has 0 aromatic carbocycles. The number of aryl methyl sites for hydroxylation is 1. The Hall–Kier alpha value is -0.770. The average molecular weight is 215 g/mol. The van der Waals surface area contributed by atoms with Gasteiger partial charge >= 0.3 is 0 Å². The van der Waals surface area contributed by atoms with E-state index in [1.54, 1.807) is 0 Å². The van der Waals surface area contributed by atoms with E-state index < -0.39 is 0 Å². The molecule has 1 aliphatic rings. The second-order valence-electron chi connectivity index (χ2n) is 3.79. The van der Waals surface area contributed by atoms with Crippen molar-refractivity contribution in [1.29, 1.82) is 0 Å². The Morgan fingerprint density at radius 3 is 3.14 bits per heavy atom. The average Bonchev–Trinajstić information content (AvgIpc) is 2.74. The fourth-order valence-corrected chi connectivity index (χ4v) is 2.31. The van der Waals surface area contributed by atoms with E-state index in [9.17, 15) is 0 Å². The van der Waals surface area contributed by atoms with Gasteiger partial charge in [0.2, 0.25) is 0 Å². The first-order valence-corrected chi connectivity index (χ1v) is 5.50. The van der Waals surface area contributed by atoms with Crippen molar-refractivity contribution in [3.63, 3.8) is 0 Å². The van der Waals surface area contributed by atoms with Crippen LogP contribution in [0.2, 0.25) is 0 Å². The second-order valence-corrected chi connectivity index (χ2v) is 4.17. The van der Waals surface area contributed by atoms with Crippen molar-refractivity contribution in [3.8, 4) is 0 Å². The molecule has 0 spiro atoms. The Morgan fingerprint density at radius 2 is 2.50 bits per heavy atom. The fraction of sp³-hybridized carbons (Fsp3) is 0.778. The van der Waals surface area contributed by atoms with Gasteiger partial charge in [-0.05, 0) is 18.8 Å². The molecule has 1 aliphatic heterocycles. The molecule has 2 heterocycles. The molecule has 78 valence electrons. The lowest BCUT2D eigenvalue weighted by atomic mass is 10.1. The molecule has 0 bridgehead atoms. The number of halogens is 1. The maximum absolute atomic E-state index is 5.74. The first-order chi connectivity index (χ1) is 6.81. The van der Waals surface area contributed by atoms with Crippen LogP contribution in [0.1, 0.15) is 12.8 Å². The monoisotopic (exact) mass is 214 g/mol. The summed E-state index contributed by atoms with van der Waals surface area (Å²) < 4.78 is 1.82. The number of rotatable bonds is 3. The van der Waals surface area contributed by atoms with Crippen LogP contribution in [0.25, 0.3) is 0 Å². The topological polar surface area (TPSA) is 34.0 Å². The van der Waals surface area contributed by atoms with E-state index in [1.807, 2.05) is 17.9 Å². The van der Waals surface area contributed by atoms with E-state index >= 15 is 0 Å². The van der Waals surface area contributed by atoms with Crippen LogP contribution >= 0.6 is 11.6 Å². The Bertz CT molecular complexity index is 299. The minimum Gasteiger partial charge on any atom is -0.355 e. The number of anilines is 1. The van der Waals surface area contributed by atoms with Gasteiger partial charge in [0.25, 0.3) is 0 Å². The van der Waals surface area contributed by atoms with Crippen molar-refractivity contribution in [2.75, 3.05) is 23.9 Å². The molecule has 1 aromatic heterocycles. The standard InChI is InChI=1S/C9H15ClN4/c1-13-9(6-11-12-13)14-5-3-8(7-14)2-4-10/h6,8H,2-5,7H2,1H3. The minimum atomic E-state index is 0.738. The van der Waals surface area contributed by atoms with Crippen LogP contribution in [0.3, 0.4) is 0 Å². The fourth-order valence-electron chi connectivity index (χ4n) is 2.00. The minimum absolute atomic E-state index is 0.738. The highest BCUT2D eigenvalue weighted by atomic mass is 35.5. The molecule has 0 radical (unpaired) electrons. The van der Waals surface area contributed by atoms with E-state index in [4.69, 9.17) is 11.6 Å². The summed E-state index contributed by atoms with van der Waals surface area (Å²) in [6.07, 6.45) is 4.17. The molecule has 5 heteroatoms. The Balaban J connectivity index is 1.99. The highest BCUT2D eigenvalue weighted by Gasteiger charge is 2.23. The molecule has 4 nitrogen and oxygen atoms in total. The van der Waals surface area contributed by atoms with E-state index in [2.05, 4.69) is 15.2 Å². The van der Waals surface area contributed by atoms with Gasteiger partial charge in [-0.15, -0.1) is 16.7 Å². The molecular formula is C9H15ClN4. The molecule has 14 heavy (non-hydrogen) atoms. The molecule has 1 aromatic rings. The van der Waals surface area contributed by atoms with Crippen molar-refractivity contribution >= 4 is 17.4 Å².